The number of rotatable bonds is 3. The molecule has 0 saturated heterocycles. The third-order valence-corrected chi connectivity index (χ3v) is 2.85. The summed E-state index contributed by atoms with van der Waals surface area (Å²) in [6.07, 6.45) is 0. The van der Waals surface area contributed by atoms with Crippen molar-refractivity contribution < 1.29 is 14.6 Å². The highest BCUT2D eigenvalue weighted by Gasteiger charge is 2.07. The number of ether oxygens (including phenoxy) is 1. The maximum atomic E-state index is 11.5. The molecule has 4 nitrogen and oxygen atoms in total. The third kappa shape index (κ3) is 2.78. The normalized spacial score (nSPS) is 9.80. The zero-order chi connectivity index (χ0) is 14.5. The smallest absolute Gasteiger partial charge is 0.338 e. The van der Waals surface area contributed by atoms with E-state index in [9.17, 15) is 9.90 Å². The average Bonchev–Trinajstić information content (AvgIpc) is 2.47. The van der Waals surface area contributed by atoms with Gasteiger partial charge in [-0.1, -0.05) is 18.2 Å². The first kappa shape index (κ1) is 13.6. The number of phenolic OH excluding ortho intramolecular Hbond substituents is 1. The molecule has 0 spiro atoms. The molecule has 4 heteroatoms. The Morgan fingerprint density at radius 2 is 1.85 bits per heavy atom. The van der Waals surface area contributed by atoms with E-state index in [1.54, 1.807) is 43.3 Å². The standard InChI is InChI=1S/C16H13NO3/c1-2-20-16(19)12-5-3-11(4-6-12)13-7-8-14(10-17)15(18)9-13/h3-9,18H,2H2,1H3. The first-order valence-corrected chi connectivity index (χ1v) is 6.16. The molecule has 0 aliphatic carbocycles. The molecule has 1 N–H and O–H groups in total. The van der Waals surface area contributed by atoms with Gasteiger partial charge in [0.15, 0.2) is 0 Å². The van der Waals surface area contributed by atoms with E-state index >= 15 is 0 Å². The summed E-state index contributed by atoms with van der Waals surface area (Å²) in [6, 6.07) is 13.6. The van der Waals surface area contributed by atoms with E-state index in [4.69, 9.17) is 10.00 Å². The van der Waals surface area contributed by atoms with Crippen LogP contribution in [0.15, 0.2) is 42.5 Å². The Bertz CT molecular complexity index is 669. The van der Waals surface area contributed by atoms with Gasteiger partial charge in [-0.15, -0.1) is 0 Å². The van der Waals surface area contributed by atoms with Crippen LogP contribution in [0.2, 0.25) is 0 Å². The van der Waals surface area contributed by atoms with Crippen LogP contribution in [0, 0.1) is 11.3 Å². The molecule has 0 amide bonds. The number of esters is 1. The molecule has 20 heavy (non-hydrogen) atoms. The summed E-state index contributed by atoms with van der Waals surface area (Å²) in [5.41, 5.74) is 2.33. The van der Waals surface area contributed by atoms with E-state index in [0.717, 1.165) is 11.1 Å². The van der Waals surface area contributed by atoms with Gasteiger partial charge in [0.25, 0.3) is 0 Å². The lowest BCUT2D eigenvalue weighted by Gasteiger charge is -2.05. The number of aromatic hydroxyl groups is 1. The molecule has 2 aromatic carbocycles. The minimum Gasteiger partial charge on any atom is -0.507 e. The van der Waals surface area contributed by atoms with Crippen molar-refractivity contribution in [1.29, 1.82) is 5.26 Å². The number of hydrogen-bond donors (Lipinski definition) is 1. The Hall–Kier alpha value is -2.80. The molecule has 0 aliphatic heterocycles. The molecule has 0 saturated carbocycles. The number of carbonyl (C=O) groups excluding carboxylic acids is 1. The second-order valence-corrected chi connectivity index (χ2v) is 4.14. The van der Waals surface area contributed by atoms with Crippen molar-refractivity contribution in [3.05, 3.63) is 53.6 Å². The fourth-order valence-electron chi connectivity index (χ4n) is 1.82. The second-order valence-electron chi connectivity index (χ2n) is 4.14. The van der Waals surface area contributed by atoms with E-state index in [2.05, 4.69) is 0 Å². The van der Waals surface area contributed by atoms with Crippen LogP contribution in [-0.2, 0) is 4.74 Å². The van der Waals surface area contributed by atoms with Crippen molar-refractivity contribution in [2.45, 2.75) is 6.92 Å². The zero-order valence-corrected chi connectivity index (χ0v) is 11.0. The van der Waals surface area contributed by atoms with Gasteiger partial charge in [0.1, 0.15) is 11.8 Å². The van der Waals surface area contributed by atoms with Crippen molar-refractivity contribution >= 4 is 5.97 Å². The van der Waals surface area contributed by atoms with Gasteiger partial charge < -0.3 is 9.84 Å². The predicted molar refractivity (Wildman–Crippen MR) is 74.2 cm³/mol. The Kier molecular flexibility index (Phi) is 4.02. The van der Waals surface area contributed by atoms with E-state index in [-0.39, 0.29) is 17.3 Å². The molecule has 0 aliphatic rings. The fourth-order valence-corrected chi connectivity index (χ4v) is 1.82. The lowest BCUT2D eigenvalue weighted by Crippen LogP contribution is -2.03. The maximum absolute atomic E-state index is 11.5. The molecule has 0 bridgehead atoms. The minimum atomic E-state index is -0.360. The van der Waals surface area contributed by atoms with Gasteiger partial charge in [-0.3, -0.25) is 0 Å². The van der Waals surface area contributed by atoms with Gasteiger partial charge in [-0.2, -0.15) is 5.26 Å². The Labute approximate surface area is 116 Å². The molecular weight excluding hydrogens is 254 g/mol. The van der Waals surface area contributed by atoms with Gasteiger partial charge >= 0.3 is 5.97 Å². The Balaban J connectivity index is 2.28. The van der Waals surface area contributed by atoms with E-state index in [1.165, 1.54) is 6.07 Å². The Morgan fingerprint density at radius 3 is 2.40 bits per heavy atom. The summed E-state index contributed by atoms with van der Waals surface area (Å²) in [7, 11) is 0. The summed E-state index contributed by atoms with van der Waals surface area (Å²) in [5.74, 6) is -0.416. The van der Waals surface area contributed by atoms with Crippen LogP contribution < -0.4 is 0 Å². The molecule has 100 valence electrons. The molecule has 0 fully saturated rings. The first-order chi connectivity index (χ1) is 9.65. The molecule has 0 heterocycles. The summed E-state index contributed by atoms with van der Waals surface area (Å²) in [6.45, 7) is 2.09. The van der Waals surface area contributed by atoms with Crippen LogP contribution in [-0.4, -0.2) is 17.7 Å². The fraction of sp³-hybridized carbons (Fsp3) is 0.125. The van der Waals surface area contributed by atoms with Crippen molar-refractivity contribution in [3.8, 4) is 22.9 Å². The van der Waals surface area contributed by atoms with Gasteiger partial charge in [-0.05, 0) is 42.3 Å². The highest BCUT2D eigenvalue weighted by Crippen LogP contribution is 2.26. The van der Waals surface area contributed by atoms with Gasteiger partial charge in [0.2, 0.25) is 0 Å². The topological polar surface area (TPSA) is 70.3 Å². The second kappa shape index (κ2) is 5.89. The summed E-state index contributed by atoms with van der Waals surface area (Å²) in [4.78, 5) is 11.5. The zero-order valence-electron chi connectivity index (χ0n) is 11.0. The van der Waals surface area contributed by atoms with E-state index in [0.29, 0.717) is 12.2 Å². The van der Waals surface area contributed by atoms with Crippen LogP contribution >= 0.6 is 0 Å². The number of nitriles is 1. The largest absolute Gasteiger partial charge is 0.507 e. The highest BCUT2D eigenvalue weighted by molar-refractivity contribution is 5.90. The molecule has 0 unspecified atom stereocenters. The summed E-state index contributed by atoms with van der Waals surface area (Å²) >= 11 is 0. The van der Waals surface area contributed by atoms with Crippen molar-refractivity contribution in [1.82, 2.24) is 0 Å². The van der Waals surface area contributed by atoms with Crippen LogP contribution in [0.25, 0.3) is 11.1 Å². The monoisotopic (exact) mass is 267 g/mol. The van der Waals surface area contributed by atoms with Gasteiger partial charge in [0, 0.05) is 0 Å². The number of phenols is 1. The number of nitrogens with zero attached hydrogens (tertiary/aromatic N) is 1. The van der Waals surface area contributed by atoms with E-state index < -0.39 is 0 Å². The Morgan fingerprint density at radius 1 is 1.20 bits per heavy atom. The molecule has 0 aromatic heterocycles. The molecule has 2 rings (SSSR count). The maximum Gasteiger partial charge on any atom is 0.338 e. The quantitative estimate of drug-likeness (QED) is 0.867. The number of carbonyl (C=O) groups is 1. The van der Waals surface area contributed by atoms with Crippen molar-refractivity contribution in [2.24, 2.45) is 0 Å². The van der Waals surface area contributed by atoms with Crippen LogP contribution in [0.1, 0.15) is 22.8 Å². The molecular formula is C16H13NO3. The molecule has 0 atom stereocenters. The minimum absolute atomic E-state index is 0.0560. The van der Waals surface area contributed by atoms with Crippen LogP contribution in [0.3, 0.4) is 0 Å². The lowest BCUT2D eigenvalue weighted by molar-refractivity contribution is 0.0526. The highest BCUT2D eigenvalue weighted by atomic mass is 16.5. The lowest BCUT2D eigenvalue weighted by atomic mass is 10.0. The van der Waals surface area contributed by atoms with E-state index in [1.807, 2.05) is 6.07 Å². The average molecular weight is 267 g/mol. The van der Waals surface area contributed by atoms with Gasteiger partial charge in [0.05, 0.1) is 17.7 Å². The third-order valence-electron chi connectivity index (χ3n) is 2.85. The molecule has 0 radical (unpaired) electrons. The number of hydrogen-bond acceptors (Lipinski definition) is 4. The predicted octanol–water partition coefficient (Wildman–Crippen LogP) is 3.11. The van der Waals surface area contributed by atoms with Gasteiger partial charge in [-0.25, -0.2) is 4.79 Å². The van der Waals surface area contributed by atoms with Crippen molar-refractivity contribution in [2.75, 3.05) is 6.61 Å². The first-order valence-electron chi connectivity index (χ1n) is 6.16. The van der Waals surface area contributed by atoms with Crippen LogP contribution in [0.4, 0.5) is 0 Å². The summed E-state index contributed by atoms with van der Waals surface area (Å²) in [5, 5.41) is 18.4. The van der Waals surface area contributed by atoms with Crippen LogP contribution in [0.5, 0.6) is 5.75 Å². The SMILES string of the molecule is CCOC(=O)c1ccc(-c2ccc(C#N)c(O)c2)cc1. The number of benzene rings is 2. The van der Waals surface area contributed by atoms with Crippen molar-refractivity contribution in [3.63, 3.8) is 0 Å². The molecule has 2 aromatic rings. The summed E-state index contributed by atoms with van der Waals surface area (Å²) < 4.78 is 4.91.